The lowest BCUT2D eigenvalue weighted by atomic mass is 9.93. The number of rotatable bonds is 5. The highest BCUT2D eigenvalue weighted by molar-refractivity contribution is 7.86. The van der Waals surface area contributed by atoms with Crippen LogP contribution in [0.25, 0.3) is 33.4 Å². The van der Waals surface area contributed by atoms with Crippen molar-refractivity contribution in [1.29, 1.82) is 0 Å². The summed E-state index contributed by atoms with van der Waals surface area (Å²) in [6.45, 7) is 5.42. The second-order valence-electron chi connectivity index (χ2n) is 9.17. The van der Waals surface area contributed by atoms with E-state index in [1.54, 1.807) is 106 Å². The molecular formula is C29H25O5S-. The molecule has 4 rings (SSSR count). The zero-order chi connectivity index (χ0) is 25.2. The summed E-state index contributed by atoms with van der Waals surface area (Å²) in [7, 11) is -4.81. The summed E-state index contributed by atoms with van der Waals surface area (Å²) >= 11 is 0. The van der Waals surface area contributed by atoms with Gasteiger partial charge >= 0.3 is 5.97 Å². The standard InChI is InChI=1S/C29H26O5S/c1-29(2,3)34-28(30)23-16-14-20(15-17-23)24-18-25(21-10-6-4-7-11-21)27(35(31,32)33)26(19-24)22-12-8-5-9-13-22/h4-19H,1-3H3,(H,31,32,33)/p-1. The van der Waals surface area contributed by atoms with Gasteiger partial charge in [-0.15, -0.1) is 0 Å². The van der Waals surface area contributed by atoms with E-state index >= 15 is 0 Å². The molecule has 0 aliphatic carbocycles. The Hall–Kier alpha value is -3.74. The van der Waals surface area contributed by atoms with Gasteiger partial charge in [-0.2, -0.15) is 0 Å². The Balaban J connectivity index is 1.91. The first-order chi connectivity index (χ1) is 16.5. The zero-order valence-corrected chi connectivity index (χ0v) is 20.5. The molecule has 0 aliphatic heterocycles. The Kier molecular flexibility index (Phi) is 6.61. The van der Waals surface area contributed by atoms with Gasteiger partial charge in [-0.25, -0.2) is 13.2 Å². The molecule has 35 heavy (non-hydrogen) atoms. The molecular weight excluding hydrogens is 460 g/mol. The molecule has 0 bridgehead atoms. The van der Waals surface area contributed by atoms with Gasteiger partial charge in [-0.05, 0) is 67.3 Å². The lowest BCUT2D eigenvalue weighted by Gasteiger charge is -2.21. The first kappa shape index (κ1) is 24.4. The Morgan fingerprint density at radius 1 is 0.686 bits per heavy atom. The van der Waals surface area contributed by atoms with Crippen molar-refractivity contribution in [3.63, 3.8) is 0 Å². The van der Waals surface area contributed by atoms with Crippen molar-refractivity contribution in [2.75, 3.05) is 0 Å². The van der Waals surface area contributed by atoms with E-state index < -0.39 is 21.7 Å². The SMILES string of the molecule is CC(C)(C)OC(=O)c1ccc(-c2cc(-c3ccccc3)c(S(=O)(=O)[O-])c(-c3ccccc3)c2)cc1. The van der Waals surface area contributed by atoms with E-state index in [-0.39, 0.29) is 4.90 Å². The summed E-state index contributed by atoms with van der Waals surface area (Å²) in [5.74, 6) is -0.424. The molecule has 0 aliphatic rings. The molecule has 0 unspecified atom stereocenters. The summed E-state index contributed by atoms with van der Waals surface area (Å²) in [6.07, 6.45) is 0. The fourth-order valence-corrected chi connectivity index (χ4v) is 4.76. The lowest BCUT2D eigenvalue weighted by molar-refractivity contribution is 0.00695. The summed E-state index contributed by atoms with van der Waals surface area (Å²) < 4.78 is 42.9. The van der Waals surface area contributed by atoms with E-state index in [0.717, 1.165) is 5.56 Å². The minimum Gasteiger partial charge on any atom is -0.744 e. The molecule has 0 radical (unpaired) electrons. The van der Waals surface area contributed by atoms with E-state index in [9.17, 15) is 17.8 Å². The van der Waals surface area contributed by atoms with Crippen LogP contribution in [-0.2, 0) is 14.9 Å². The number of hydrogen-bond donors (Lipinski definition) is 0. The molecule has 0 fully saturated rings. The maximum Gasteiger partial charge on any atom is 0.338 e. The lowest BCUT2D eigenvalue weighted by Crippen LogP contribution is -2.23. The van der Waals surface area contributed by atoms with Crippen LogP contribution < -0.4 is 0 Å². The molecule has 0 saturated carbocycles. The summed E-state index contributed by atoms with van der Waals surface area (Å²) in [5.41, 5.74) is 3.17. The number of benzene rings is 4. The van der Waals surface area contributed by atoms with Crippen molar-refractivity contribution in [1.82, 2.24) is 0 Å². The average Bonchev–Trinajstić information content (AvgIpc) is 2.83. The fourth-order valence-electron chi connectivity index (χ4n) is 3.86. The highest BCUT2D eigenvalue weighted by atomic mass is 32.2. The maximum atomic E-state index is 12.5. The molecule has 0 aromatic heterocycles. The van der Waals surface area contributed by atoms with Crippen molar-refractivity contribution >= 4 is 16.1 Å². The van der Waals surface area contributed by atoms with Crippen molar-refractivity contribution < 1.29 is 22.5 Å². The quantitative estimate of drug-likeness (QED) is 0.236. The molecule has 6 heteroatoms. The Labute approximate surface area is 205 Å². The van der Waals surface area contributed by atoms with Gasteiger partial charge in [0, 0.05) is 11.1 Å². The maximum absolute atomic E-state index is 12.5. The highest BCUT2D eigenvalue weighted by Gasteiger charge is 2.21. The Morgan fingerprint density at radius 2 is 1.14 bits per heavy atom. The van der Waals surface area contributed by atoms with Gasteiger partial charge in [0.05, 0.1) is 10.5 Å². The highest BCUT2D eigenvalue weighted by Crippen LogP contribution is 2.40. The van der Waals surface area contributed by atoms with Gasteiger partial charge in [0.2, 0.25) is 0 Å². The first-order valence-electron chi connectivity index (χ1n) is 11.1. The van der Waals surface area contributed by atoms with Crippen LogP contribution in [0.4, 0.5) is 0 Å². The average molecular weight is 486 g/mol. The van der Waals surface area contributed by atoms with E-state index in [1.165, 1.54) is 0 Å². The van der Waals surface area contributed by atoms with Crippen molar-refractivity contribution in [2.24, 2.45) is 0 Å². The van der Waals surface area contributed by atoms with Gasteiger partial charge in [0.1, 0.15) is 15.7 Å². The van der Waals surface area contributed by atoms with Crippen LogP contribution in [0, 0.1) is 0 Å². The van der Waals surface area contributed by atoms with Gasteiger partial charge < -0.3 is 9.29 Å². The summed E-state index contributed by atoms with van der Waals surface area (Å²) in [5, 5.41) is 0. The van der Waals surface area contributed by atoms with Crippen molar-refractivity contribution in [3.05, 3.63) is 103 Å². The fraction of sp³-hybridized carbons (Fsp3) is 0.138. The van der Waals surface area contributed by atoms with Crippen LogP contribution in [0.5, 0.6) is 0 Å². The van der Waals surface area contributed by atoms with Crippen molar-refractivity contribution in [3.8, 4) is 33.4 Å². The summed E-state index contributed by atoms with van der Waals surface area (Å²) in [4.78, 5) is 12.2. The van der Waals surface area contributed by atoms with Crippen LogP contribution in [0.3, 0.4) is 0 Å². The van der Waals surface area contributed by atoms with Crippen molar-refractivity contribution in [2.45, 2.75) is 31.3 Å². The van der Waals surface area contributed by atoms with Gasteiger partial charge in [0.15, 0.2) is 0 Å². The van der Waals surface area contributed by atoms with Gasteiger partial charge in [0.25, 0.3) is 0 Å². The number of esters is 1. The molecule has 5 nitrogen and oxygen atoms in total. The third kappa shape index (κ3) is 5.67. The van der Waals surface area contributed by atoms with Crippen LogP contribution in [-0.4, -0.2) is 24.5 Å². The number of carbonyl (C=O) groups is 1. The largest absolute Gasteiger partial charge is 0.744 e. The van der Waals surface area contributed by atoms with Gasteiger partial charge in [-0.3, -0.25) is 0 Å². The van der Waals surface area contributed by atoms with Crippen LogP contribution in [0.2, 0.25) is 0 Å². The first-order valence-corrected chi connectivity index (χ1v) is 12.5. The minimum absolute atomic E-state index is 0.260. The predicted octanol–water partition coefficient (Wildman–Crippen LogP) is 6.55. The Morgan fingerprint density at radius 3 is 1.54 bits per heavy atom. The van der Waals surface area contributed by atoms with E-state index in [0.29, 0.717) is 33.4 Å². The number of ether oxygens (including phenoxy) is 1. The molecule has 0 heterocycles. The minimum atomic E-state index is -4.81. The molecule has 0 amide bonds. The molecule has 4 aromatic rings. The topological polar surface area (TPSA) is 83.5 Å². The molecule has 178 valence electrons. The number of carbonyl (C=O) groups excluding carboxylic acids is 1. The molecule has 0 N–H and O–H groups in total. The van der Waals surface area contributed by atoms with E-state index in [4.69, 9.17) is 4.74 Å². The number of hydrogen-bond acceptors (Lipinski definition) is 5. The zero-order valence-electron chi connectivity index (χ0n) is 19.7. The Bertz CT molecular complexity index is 1390. The normalized spacial score (nSPS) is 11.8. The summed E-state index contributed by atoms with van der Waals surface area (Å²) in [6, 6.07) is 28.2. The molecule has 0 saturated heterocycles. The molecule has 4 aromatic carbocycles. The molecule has 0 spiro atoms. The van der Waals surface area contributed by atoms with Crippen LogP contribution in [0.1, 0.15) is 31.1 Å². The second kappa shape index (κ2) is 9.49. The third-order valence-corrected chi connectivity index (χ3v) is 6.30. The smallest absolute Gasteiger partial charge is 0.338 e. The monoisotopic (exact) mass is 485 g/mol. The predicted molar refractivity (Wildman–Crippen MR) is 136 cm³/mol. The van der Waals surface area contributed by atoms with E-state index in [1.807, 2.05) is 12.1 Å². The van der Waals surface area contributed by atoms with Crippen LogP contribution >= 0.6 is 0 Å². The second-order valence-corrected chi connectivity index (χ2v) is 10.5. The third-order valence-electron chi connectivity index (χ3n) is 5.36. The van der Waals surface area contributed by atoms with Crippen LogP contribution in [0.15, 0.2) is 102 Å². The van der Waals surface area contributed by atoms with E-state index in [2.05, 4.69) is 0 Å². The van der Waals surface area contributed by atoms with Gasteiger partial charge in [-0.1, -0.05) is 72.8 Å². The molecule has 0 atom stereocenters.